The van der Waals surface area contributed by atoms with Crippen LogP contribution in [0.2, 0.25) is 0 Å². The molecular weight excluding hydrogens is 745 g/mol. The Morgan fingerprint density at radius 2 is 0.574 bits per heavy atom. The molecule has 0 N–H and O–H groups in total. The number of hydrogen-bond donors (Lipinski definition) is 0. The van der Waals surface area contributed by atoms with Gasteiger partial charge in [-0.05, 0) is 45.5 Å². The Morgan fingerprint density at radius 3 is 0.918 bits per heavy atom. The lowest BCUT2D eigenvalue weighted by atomic mass is 9.67. The second kappa shape index (κ2) is 15.2. The van der Waals surface area contributed by atoms with E-state index in [2.05, 4.69) is 121 Å². The fourth-order valence-corrected chi connectivity index (χ4v) is 8.84. The highest BCUT2D eigenvalue weighted by molar-refractivity contribution is 5.90. The Hall–Kier alpha value is -8.22. The van der Waals surface area contributed by atoms with E-state index >= 15 is 0 Å². The zero-order valence-corrected chi connectivity index (χ0v) is 33.0. The summed E-state index contributed by atoms with van der Waals surface area (Å²) in [6, 6.07) is 75.5. The van der Waals surface area contributed by atoms with Crippen LogP contribution in [-0.4, -0.2) is 30.4 Å². The molecule has 1 aliphatic rings. The highest BCUT2D eigenvalue weighted by atomic mass is 15.2. The molecule has 0 bridgehead atoms. The molecule has 0 fully saturated rings. The van der Waals surface area contributed by atoms with Gasteiger partial charge in [0.2, 0.25) is 0 Å². The van der Waals surface area contributed by atoms with E-state index in [1.807, 2.05) is 97.1 Å². The van der Waals surface area contributed by atoms with Gasteiger partial charge in [0.05, 0.1) is 5.41 Å². The van der Waals surface area contributed by atoms with Crippen LogP contribution in [0.3, 0.4) is 0 Å². The first-order valence-corrected chi connectivity index (χ1v) is 20.4. The van der Waals surface area contributed by atoms with Crippen molar-refractivity contribution in [3.05, 3.63) is 241 Å². The van der Waals surface area contributed by atoms with Crippen LogP contribution in [0.25, 0.3) is 78.9 Å². The van der Waals surface area contributed by atoms with Crippen LogP contribution in [-0.2, 0) is 5.41 Å². The summed E-state index contributed by atoms with van der Waals surface area (Å²) in [6.07, 6.45) is 0. The molecule has 61 heavy (non-hydrogen) atoms. The molecule has 0 aliphatic heterocycles. The summed E-state index contributed by atoms with van der Waals surface area (Å²) in [5.41, 5.74) is 14.8. The molecule has 0 saturated heterocycles. The van der Waals surface area contributed by atoms with Gasteiger partial charge in [-0.3, -0.25) is 0 Å². The van der Waals surface area contributed by atoms with Gasteiger partial charge in [-0.15, -0.1) is 20.4 Å². The van der Waals surface area contributed by atoms with Gasteiger partial charge in [-0.1, -0.05) is 206 Å². The van der Waals surface area contributed by atoms with Crippen LogP contribution >= 0.6 is 0 Å². The fraction of sp³-hybridized carbons (Fsp3) is 0.0182. The smallest absolute Gasteiger partial charge is 0.182 e. The Balaban J connectivity index is 1.12. The molecule has 2 aromatic heterocycles. The van der Waals surface area contributed by atoms with E-state index in [-0.39, 0.29) is 0 Å². The lowest BCUT2D eigenvalue weighted by Gasteiger charge is -2.34. The first-order valence-electron chi connectivity index (χ1n) is 20.4. The number of rotatable bonds is 8. The van der Waals surface area contributed by atoms with Crippen LogP contribution in [0.4, 0.5) is 0 Å². The molecule has 1 aliphatic carbocycles. The molecule has 0 unspecified atom stereocenters. The molecule has 0 atom stereocenters. The lowest BCUT2D eigenvalue weighted by molar-refractivity contribution is 0.768. The number of aromatic nitrogens is 6. The molecule has 0 radical (unpaired) electrons. The standard InChI is InChI=1S/C55H36N6/c1-7-19-37(20-8-1)49-51(39-23-11-3-12-24-39)58-60-53(56-49)41-31-33-45-46-34-32-42(54-57-50(38-21-9-2-10-22-38)52(59-61-54)40-25-13-4-14-26-40)36-48(46)55(47(45)35-41,43-27-15-5-16-28-43)44-29-17-6-18-30-44/h1-36H. The van der Waals surface area contributed by atoms with E-state index in [1.54, 1.807) is 0 Å². The number of nitrogens with zero attached hydrogens (tertiary/aromatic N) is 6. The fourth-order valence-electron chi connectivity index (χ4n) is 8.84. The maximum Gasteiger partial charge on any atom is 0.182 e. The van der Waals surface area contributed by atoms with Gasteiger partial charge in [0.1, 0.15) is 22.8 Å². The van der Waals surface area contributed by atoms with E-state index in [0.29, 0.717) is 11.6 Å². The third-order valence-electron chi connectivity index (χ3n) is 11.6. The van der Waals surface area contributed by atoms with Crippen molar-refractivity contribution in [1.82, 2.24) is 30.4 Å². The normalized spacial score (nSPS) is 12.4. The summed E-state index contributed by atoms with van der Waals surface area (Å²) >= 11 is 0. The summed E-state index contributed by atoms with van der Waals surface area (Å²) in [7, 11) is 0. The molecule has 0 amide bonds. The van der Waals surface area contributed by atoms with Crippen molar-refractivity contribution in [1.29, 1.82) is 0 Å². The number of benzene rings is 8. The zero-order valence-electron chi connectivity index (χ0n) is 33.0. The van der Waals surface area contributed by atoms with Crippen LogP contribution in [0.15, 0.2) is 218 Å². The molecule has 6 nitrogen and oxygen atoms in total. The first-order chi connectivity index (χ1) is 30.3. The predicted octanol–water partition coefficient (Wildman–Crippen LogP) is 12.4. The minimum atomic E-state index is -0.710. The van der Waals surface area contributed by atoms with E-state index in [9.17, 15) is 0 Å². The Morgan fingerprint density at radius 1 is 0.262 bits per heavy atom. The lowest BCUT2D eigenvalue weighted by Crippen LogP contribution is -2.28. The Labute approximate surface area is 354 Å². The van der Waals surface area contributed by atoms with Crippen molar-refractivity contribution in [3.8, 4) is 78.9 Å². The van der Waals surface area contributed by atoms with Crippen molar-refractivity contribution in [2.24, 2.45) is 0 Å². The maximum atomic E-state index is 5.28. The van der Waals surface area contributed by atoms with Gasteiger partial charge in [0, 0.05) is 33.4 Å². The quantitative estimate of drug-likeness (QED) is 0.153. The van der Waals surface area contributed by atoms with Crippen molar-refractivity contribution in [2.75, 3.05) is 0 Å². The largest absolute Gasteiger partial charge is 0.224 e. The van der Waals surface area contributed by atoms with Gasteiger partial charge in [-0.2, -0.15) is 0 Å². The van der Waals surface area contributed by atoms with E-state index in [0.717, 1.165) is 89.5 Å². The molecule has 2 heterocycles. The molecule has 0 spiro atoms. The van der Waals surface area contributed by atoms with Gasteiger partial charge in [0.25, 0.3) is 0 Å². The third-order valence-corrected chi connectivity index (χ3v) is 11.6. The molecule has 286 valence electrons. The van der Waals surface area contributed by atoms with Gasteiger partial charge in [-0.25, -0.2) is 9.97 Å². The van der Waals surface area contributed by atoms with Gasteiger partial charge >= 0.3 is 0 Å². The summed E-state index contributed by atoms with van der Waals surface area (Å²) in [4.78, 5) is 10.6. The second-order valence-electron chi connectivity index (χ2n) is 15.1. The van der Waals surface area contributed by atoms with E-state index < -0.39 is 5.41 Å². The molecule has 6 heteroatoms. The summed E-state index contributed by atoms with van der Waals surface area (Å²) < 4.78 is 0. The van der Waals surface area contributed by atoms with Crippen molar-refractivity contribution in [3.63, 3.8) is 0 Å². The van der Waals surface area contributed by atoms with E-state index in [4.69, 9.17) is 30.4 Å². The van der Waals surface area contributed by atoms with Crippen molar-refractivity contribution < 1.29 is 0 Å². The van der Waals surface area contributed by atoms with E-state index in [1.165, 1.54) is 0 Å². The van der Waals surface area contributed by atoms with Gasteiger partial charge in [0.15, 0.2) is 11.6 Å². The Kier molecular flexibility index (Phi) is 8.94. The number of fused-ring (bicyclic) bond motifs is 3. The Bertz CT molecular complexity index is 2940. The minimum absolute atomic E-state index is 0.555. The number of hydrogen-bond acceptors (Lipinski definition) is 6. The molecular formula is C55H36N6. The maximum absolute atomic E-state index is 5.28. The first kappa shape index (κ1) is 35.9. The van der Waals surface area contributed by atoms with Crippen LogP contribution < -0.4 is 0 Å². The van der Waals surface area contributed by atoms with Crippen LogP contribution in [0, 0.1) is 0 Å². The molecule has 10 aromatic rings. The zero-order chi connectivity index (χ0) is 40.6. The highest BCUT2D eigenvalue weighted by Crippen LogP contribution is 2.57. The van der Waals surface area contributed by atoms with Crippen LogP contribution in [0.1, 0.15) is 22.3 Å². The molecule has 0 saturated carbocycles. The monoisotopic (exact) mass is 780 g/mol. The second-order valence-corrected chi connectivity index (χ2v) is 15.1. The van der Waals surface area contributed by atoms with Crippen molar-refractivity contribution in [2.45, 2.75) is 5.41 Å². The van der Waals surface area contributed by atoms with Gasteiger partial charge < -0.3 is 0 Å². The summed E-state index contributed by atoms with van der Waals surface area (Å²) in [5, 5.41) is 19.3. The highest BCUT2D eigenvalue weighted by Gasteiger charge is 2.46. The molecule has 8 aromatic carbocycles. The average molecular weight is 781 g/mol. The van der Waals surface area contributed by atoms with Crippen molar-refractivity contribution >= 4 is 0 Å². The molecule has 11 rings (SSSR count). The average Bonchev–Trinajstić information content (AvgIpc) is 3.65. The topological polar surface area (TPSA) is 77.3 Å². The minimum Gasteiger partial charge on any atom is -0.224 e. The predicted molar refractivity (Wildman–Crippen MR) is 243 cm³/mol. The SMILES string of the molecule is c1ccc(-c2nnc(-c3ccc4c(c3)C(c3ccccc3)(c3ccccc3)c3cc(-c5nnc(-c6ccccc6)c(-c6ccccc6)n5)ccc3-4)nc2-c2ccccc2)cc1. The summed E-state index contributed by atoms with van der Waals surface area (Å²) in [6.45, 7) is 0. The third kappa shape index (κ3) is 6.21. The summed E-state index contributed by atoms with van der Waals surface area (Å²) in [5.74, 6) is 1.11. The van der Waals surface area contributed by atoms with Crippen LogP contribution in [0.5, 0.6) is 0 Å².